The number of Topliss-reactive ketones (excluding diaryl/α,β-unsaturated/α-hetero) is 1. The Balaban J connectivity index is 1.97. The maximum Gasteiger partial charge on any atom is 0.414 e. The van der Waals surface area contributed by atoms with Crippen LogP contribution in [0.3, 0.4) is 0 Å². The van der Waals surface area contributed by atoms with Crippen molar-refractivity contribution in [2.75, 3.05) is 11.9 Å². The third-order valence-corrected chi connectivity index (χ3v) is 3.14. The lowest BCUT2D eigenvalue weighted by Gasteiger charge is -2.17. The largest absolute Gasteiger partial charge is 0.444 e. The highest BCUT2D eigenvalue weighted by Crippen LogP contribution is 2.15. The SMILES string of the molecule is CC(=O)c1ccc(N(C)C(=O)OCc2ccccc2)cc1. The Hall–Kier alpha value is -2.62. The molecule has 0 spiro atoms. The number of ether oxygens (including phenoxy) is 1. The molecule has 0 aliphatic carbocycles. The van der Waals surface area contributed by atoms with Gasteiger partial charge in [-0.25, -0.2) is 4.79 Å². The monoisotopic (exact) mass is 283 g/mol. The lowest BCUT2D eigenvalue weighted by molar-refractivity contribution is 0.101. The summed E-state index contributed by atoms with van der Waals surface area (Å²) in [5.74, 6) is -0.00384. The van der Waals surface area contributed by atoms with Crippen molar-refractivity contribution in [2.45, 2.75) is 13.5 Å². The van der Waals surface area contributed by atoms with Crippen LogP contribution in [-0.4, -0.2) is 18.9 Å². The number of rotatable bonds is 4. The van der Waals surface area contributed by atoms with E-state index in [9.17, 15) is 9.59 Å². The first-order chi connectivity index (χ1) is 10.1. The molecule has 2 aromatic carbocycles. The van der Waals surface area contributed by atoms with Gasteiger partial charge in [-0.2, -0.15) is 0 Å². The molecular formula is C17H17NO3. The minimum Gasteiger partial charge on any atom is -0.444 e. The molecule has 0 unspecified atom stereocenters. The lowest BCUT2D eigenvalue weighted by Crippen LogP contribution is -2.26. The number of ketones is 1. The Labute approximate surface area is 124 Å². The Morgan fingerprint density at radius 3 is 2.19 bits per heavy atom. The summed E-state index contributed by atoms with van der Waals surface area (Å²) in [4.78, 5) is 24.6. The van der Waals surface area contributed by atoms with Crippen molar-refractivity contribution < 1.29 is 14.3 Å². The van der Waals surface area contributed by atoms with Gasteiger partial charge in [-0.15, -0.1) is 0 Å². The fraction of sp³-hybridized carbons (Fsp3) is 0.176. The molecule has 0 bridgehead atoms. The van der Waals surface area contributed by atoms with Crippen LogP contribution in [0.5, 0.6) is 0 Å². The Morgan fingerprint density at radius 2 is 1.62 bits per heavy atom. The number of carbonyl (C=O) groups excluding carboxylic acids is 2. The molecule has 0 aromatic heterocycles. The maximum absolute atomic E-state index is 12.0. The quantitative estimate of drug-likeness (QED) is 0.804. The first-order valence-corrected chi connectivity index (χ1v) is 6.63. The lowest BCUT2D eigenvalue weighted by atomic mass is 10.1. The number of nitrogens with zero attached hydrogens (tertiary/aromatic N) is 1. The summed E-state index contributed by atoms with van der Waals surface area (Å²) < 4.78 is 5.24. The summed E-state index contributed by atoms with van der Waals surface area (Å²) >= 11 is 0. The van der Waals surface area contributed by atoms with Gasteiger partial charge >= 0.3 is 6.09 Å². The average Bonchev–Trinajstić information content (AvgIpc) is 2.53. The molecule has 4 heteroatoms. The van der Waals surface area contributed by atoms with E-state index in [4.69, 9.17) is 4.74 Å². The predicted octanol–water partition coefficient (Wildman–Crippen LogP) is 3.66. The van der Waals surface area contributed by atoms with Gasteiger partial charge < -0.3 is 4.74 Å². The minimum absolute atomic E-state index is 0.00384. The van der Waals surface area contributed by atoms with Crippen molar-refractivity contribution in [3.05, 3.63) is 65.7 Å². The third-order valence-electron chi connectivity index (χ3n) is 3.14. The van der Waals surface area contributed by atoms with Crippen LogP contribution in [0.15, 0.2) is 54.6 Å². The van der Waals surface area contributed by atoms with Crippen LogP contribution in [0.1, 0.15) is 22.8 Å². The van der Waals surface area contributed by atoms with Gasteiger partial charge in [0.25, 0.3) is 0 Å². The number of hydrogen-bond donors (Lipinski definition) is 0. The van der Waals surface area contributed by atoms with Crippen LogP contribution in [-0.2, 0) is 11.3 Å². The van der Waals surface area contributed by atoms with Crippen LogP contribution in [0, 0.1) is 0 Å². The average molecular weight is 283 g/mol. The zero-order chi connectivity index (χ0) is 15.2. The molecule has 2 aromatic rings. The van der Waals surface area contributed by atoms with Crippen molar-refractivity contribution in [3.8, 4) is 0 Å². The molecule has 108 valence electrons. The van der Waals surface area contributed by atoms with Crippen molar-refractivity contribution in [2.24, 2.45) is 0 Å². The summed E-state index contributed by atoms with van der Waals surface area (Å²) in [6, 6.07) is 16.3. The van der Waals surface area contributed by atoms with Gasteiger partial charge in [-0.1, -0.05) is 30.3 Å². The van der Waals surface area contributed by atoms with Gasteiger partial charge in [-0.05, 0) is 36.8 Å². The number of anilines is 1. The highest BCUT2D eigenvalue weighted by Gasteiger charge is 2.12. The molecule has 0 heterocycles. The van der Waals surface area contributed by atoms with E-state index in [1.807, 2.05) is 30.3 Å². The van der Waals surface area contributed by atoms with Crippen LogP contribution >= 0.6 is 0 Å². The predicted molar refractivity (Wildman–Crippen MR) is 81.5 cm³/mol. The topological polar surface area (TPSA) is 46.6 Å². The maximum atomic E-state index is 12.0. The summed E-state index contributed by atoms with van der Waals surface area (Å²) in [7, 11) is 1.64. The number of benzene rings is 2. The molecule has 0 aliphatic heterocycles. The highest BCUT2D eigenvalue weighted by atomic mass is 16.6. The van der Waals surface area contributed by atoms with Gasteiger partial charge in [-0.3, -0.25) is 9.69 Å². The molecule has 21 heavy (non-hydrogen) atoms. The number of amides is 1. The molecule has 0 fully saturated rings. The molecule has 0 N–H and O–H groups in total. The third kappa shape index (κ3) is 3.92. The van der Waals surface area contributed by atoms with Gasteiger partial charge in [0.2, 0.25) is 0 Å². The molecule has 0 saturated heterocycles. The van der Waals surface area contributed by atoms with Crippen molar-refractivity contribution in [1.29, 1.82) is 0 Å². The second-order valence-electron chi connectivity index (χ2n) is 4.70. The zero-order valence-electron chi connectivity index (χ0n) is 12.1. The molecular weight excluding hydrogens is 266 g/mol. The van der Waals surface area contributed by atoms with E-state index in [-0.39, 0.29) is 12.4 Å². The first-order valence-electron chi connectivity index (χ1n) is 6.63. The van der Waals surface area contributed by atoms with Crippen LogP contribution in [0.25, 0.3) is 0 Å². The molecule has 0 radical (unpaired) electrons. The smallest absolute Gasteiger partial charge is 0.414 e. The van der Waals surface area contributed by atoms with Crippen LogP contribution < -0.4 is 4.90 Å². The van der Waals surface area contributed by atoms with E-state index in [2.05, 4.69) is 0 Å². The second kappa shape index (κ2) is 6.70. The molecule has 0 atom stereocenters. The molecule has 0 aliphatic rings. The van der Waals surface area contributed by atoms with E-state index in [1.165, 1.54) is 11.8 Å². The van der Waals surface area contributed by atoms with Gasteiger partial charge in [0.1, 0.15) is 6.61 Å². The van der Waals surface area contributed by atoms with Crippen LogP contribution in [0.2, 0.25) is 0 Å². The normalized spacial score (nSPS) is 10.0. The van der Waals surface area contributed by atoms with Gasteiger partial charge in [0, 0.05) is 18.3 Å². The van der Waals surface area contributed by atoms with Crippen molar-refractivity contribution in [3.63, 3.8) is 0 Å². The summed E-state index contributed by atoms with van der Waals surface area (Å²) in [6.07, 6.45) is -0.436. The standard InChI is InChI=1S/C17H17NO3/c1-13(19)15-8-10-16(11-9-15)18(2)17(20)21-12-14-6-4-3-5-7-14/h3-11H,12H2,1-2H3. The van der Waals surface area contributed by atoms with E-state index in [0.717, 1.165) is 5.56 Å². The summed E-state index contributed by atoms with van der Waals surface area (Å²) in [6.45, 7) is 1.74. The van der Waals surface area contributed by atoms with E-state index < -0.39 is 6.09 Å². The summed E-state index contributed by atoms with van der Waals surface area (Å²) in [5, 5.41) is 0. The Kier molecular flexibility index (Phi) is 4.72. The Bertz CT molecular complexity index is 620. The van der Waals surface area contributed by atoms with E-state index in [1.54, 1.807) is 31.3 Å². The fourth-order valence-corrected chi connectivity index (χ4v) is 1.84. The number of hydrogen-bond acceptors (Lipinski definition) is 3. The van der Waals surface area contributed by atoms with Crippen LogP contribution in [0.4, 0.5) is 10.5 Å². The first kappa shape index (κ1) is 14.8. The number of carbonyl (C=O) groups is 2. The fourth-order valence-electron chi connectivity index (χ4n) is 1.84. The van der Waals surface area contributed by atoms with Crippen molar-refractivity contribution in [1.82, 2.24) is 0 Å². The van der Waals surface area contributed by atoms with Crippen molar-refractivity contribution >= 4 is 17.6 Å². The van der Waals surface area contributed by atoms with E-state index >= 15 is 0 Å². The molecule has 0 saturated carbocycles. The minimum atomic E-state index is -0.436. The second-order valence-corrected chi connectivity index (χ2v) is 4.70. The van der Waals surface area contributed by atoms with Gasteiger partial charge in [0.15, 0.2) is 5.78 Å². The van der Waals surface area contributed by atoms with E-state index in [0.29, 0.717) is 11.3 Å². The zero-order valence-corrected chi connectivity index (χ0v) is 12.1. The molecule has 4 nitrogen and oxygen atoms in total. The molecule has 1 amide bonds. The van der Waals surface area contributed by atoms with Gasteiger partial charge in [0.05, 0.1) is 0 Å². The Morgan fingerprint density at radius 1 is 1.00 bits per heavy atom. The highest BCUT2D eigenvalue weighted by molar-refractivity contribution is 5.95. The molecule has 2 rings (SSSR count). The summed E-state index contributed by atoms with van der Waals surface area (Å²) in [5.41, 5.74) is 2.23.